The maximum Gasteiger partial charge on any atom is 0.265 e. The number of aromatic hydroxyl groups is 1. The fraction of sp³-hybridized carbons (Fsp3) is 0.276. The third-order valence-corrected chi connectivity index (χ3v) is 8.58. The van der Waals surface area contributed by atoms with Gasteiger partial charge in [0.1, 0.15) is 5.00 Å². The molecule has 9 heteroatoms. The van der Waals surface area contributed by atoms with E-state index in [1.165, 1.54) is 9.44 Å². The van der Waals surface area contributed by atoms with Crippen molar-refractivity contribution in [1.29, 1.82) is 0 Å². The molecule has 3 heterocycles. The first kappa shape index (κ1) is 24.9. The zero-order chi connectivity index (χ0) is 26.2. The van der Waals surface area contributed by atoms with Gasteiger partial charge in [0.15, 0.2) is 0 Å². The molecule has 0 saturated carbocycles. The van der Waals surface area contributed by atoms with Crippen LogP contribution in [0.2, 0.25) is 5.02 Å². The average Bonchev–Trinajstić information content (AvgIpc) is 3.31. The van der Waals surface area contributed by atoms with Crippen LogP contribution < -0.4 is 5.56 Å². The Balaban J connectivity index is 1.51. The third-order valence-electron chi connectivity index (χ3n) is 7.15. The molecule has 7 nitrogen and oxygen atoms in total. The lowest BCUT2D eigenvalue weighted by atomic mass is 9.95. The van der Waals surface area contributed by atoms with E-state index in [9.17, 15) is 14.7 Å². The number of nitrogens with zero attached hydrogens (tertiary/aromatic N) is 3. The second kappa shape index (κ2) is 10.4. The highest BCUT2D eigenvalue weighted by Gasteiger charge is 2.29. The molecule has 6 rings (SSSR count). The molecule has 1 saturated heterocycles. The molecule has 0 radical (unpaired) electrons. The molecular weight excluding hydrogens is 522 g/mol. The number of hydrogen-bond donors (Lipinski definition) is 1. The summed E-state index contributed by atoms with van der Waals surface area (Å²) in [6.45, 7) is 2.18. The molecule has 0 unspecified atom stereocenters. The zero-order valence-electron chi connectivity index (χ0n) is 20.7. The van der Waals surface area contributed by atoms with Crippen LogP contribution >= 0.6 is 22.9 Å². The lowest BCUT2D eigenvalue weighted by Crippen LogP contribution is -2.41. The number of thiophene rings is 1. The van der Waals surface area contributed by atoms with Crippen LogP contribution in [0.25, 0.3) is 16.5 Å². The Morgan fingerprint density at radius 3 is 2.61 bits per heavy atom. The largest absolute Gasteiger partial charge is 0.494 e. The first-order valence-corrected chi connectivity index (χ1v) is 13.9. The number of benzene rings is 2. The van der Waals surface area contributed by atoms with Crippen LogP contribution in [0, 0.1) is 0 Å². The van der Waals surface area contributed by atoms with E-state index in [-0.39, 0.29) is 17.3 Å². The Morgan fingerprint density at radius 1 is 1.05 bits per heavy atom. The predicted octanol–water partition coefficient (Wildman–Crippen LogP) is 5.51. The average molecular weight is 548 g/mol. The van der Waals surface area contributed by atoms with Crippen molar-refractivity contribution in [3.63, 3.8) is 0 Å². The number of halogens is 1. The molecule has 194 valence electrons. The minimum absolute atomic E-state index is 0.0159. The summed E-state index contributed by atoms with van der Waals surface area (Å²) in [7, 11) is 0. The summed E-state index contributed by atoms with van der Waals surface area (Å²) >= 11 is 7.74. The summed E-state index contributed by atoms with van der Waals surface area (Å²) < 4.78 is 6.69. The molecule has 2 aromatic carbocycles. The monoisotopic (exact) mass is 547 g/mol. The maximum absolute atomic E-state index is 13.7. The molecule has 4 aromatic rings. The van der Waals surface area contributed by atoms with E-state index in [1.807, 2.05) is 11.0 Å². The van der Waals surface area contributed by atoms with Gasteiger partial charge in [-0.1, -0.05) is 35.9 Å². The number of fused-ring (bicyclic) bond motifs is 2. The van der Waals surface area contributed by atoms with Crippen molar-refractivity contribution >= 4 is 50.8 Å². The molecule has 0 atom stereocenters. The number of carbonyl (C=O) groups excluding carboxylic acids is 1. The fourth-order valence-electron chi connectivity index (χ4n) is 5.25. The van der Waals surface area contributed by atoms with Gasteiger partial charge in [-0.2, -0.15) is 0 Å². The number of aromatic nitrogens is 1. The summed E-state index contributed by atoms with van der Waals surface area (Å²) in [5, 5.41) is 13.5. The first-order chi connectivity index (χ1) is 18.5. The van der Waals surface area contributed by atoms with Gasteiger partial charge < -0.3 is 14.7 Å². The topological polar surface area (TPSA) is 84.1 Å². The highest BCUT2D eigenvalue weighted by molar-refractivity contribution is 7.16. The Kier molecular flexibility index (Phi) is 6.78. The lowest BCUT2D eigenvalue weighted by Gasteiger charge is -2.27. The van der Waals surface area contributed by atoms with Crippen LogP contribution in [0.1, 0.15) is 39.2 Å². The number of aliphatic imine (C=N–C) groups is 1. The van der Waals surface area contributed by atoms with Crippen LogP contribution in [0.4, 0.5) is 5.00 Å². The minimum Gasteiger partial charge on any atom is -0.494 e. The molecule has 1 fully saturated rings. The summed E-state index contributed by atoms with van der Waals surface area (Å²) in [5.41, 5.74) is 2.26. The van der Waals surface area contributed by atoms with Gasteiger partial charge in [0.05, 0.1) is 30.0 Å². The van der Waals surface area contributed by atoms with Crippen molar-refractivity contribution in [2.75, 3.05) is 26.3 Å². The Bertz CT molecular complexity index is 1640. The van der Waals surface area contributed by atoms with Gasteiger partial charge >= 0.3 is 0 Å². The summed E-state index contributed by atoms with van der Waals surface area (Å²) in [5.74, 6) is -0.250. The molecule has 1 amide bonds. The standard InChI is InChI=1S/C29H26ClN3O4S/c30-18-6-5-7-19(16-18)33-27(34)21-9-2-1-8-20(21)23(28(33)35)17-31-26-25(22-10-3-4-11-24(22)38-26)29(36)32-12-14-37-15-13-32/h1-2,5-9,16-17,35H,3-4,10-15H2. The first-order valence-electron chi connectivity index (χ1n) is 12.7. The van der Waals surface area contributed by atoms with Gasteiger partial charge in [0.25, 0.3) is 11.5 Å². The van der Waals surface area contributed by atoms with Crippen molar-refractivity contribution in [1.82, 2.24) is 9.47 Å². The van der Waals surface area contributed by atoms with Crippen molar-refractivity contribution in [3.8, 4) is 11.6 Å². The molecule has 0 bridgehead atoms. The Morgan fingerprint density at radius 2 is 1.82 bits per heavy atom. The third kappa shape index (κ3) is 4.42. The Hall–Kier alpha value is -3.46. The van der Waals surface area contributed by atoms with E-state index < -0.39 is 0 Å². The second-order valence-corrected chi connectivity index (χ2v) is 11.0. The maximum atomic E-state index is 13.7. The summed E-state index contributed by atoms with van der Waals surface area (Å²) in [6.07, 6.45) is 5.52. The van der Waals surface area contributed by atoms with Crippen LogP contribution in [0.5, 0.6) is 5.88 Å². The molecule has 2 aliphatic rings. The van der Waals surface area contributed by atoms with Crippen molar-refractivity contribution in [2.45, 2.75) is 25.7 Å². The molecule has 1 aliphatic heterocycles. The molecule has 38 heavy (non-hydrogen) atoms. The van der Waals surface area contributed by atoms with Gasteiger partial charge in [-0.15, -0.1) is 11.3 Å². The number of amides is 1. The van der Waals surface area contributed by atoms with E-state index in [2.05, 4.69) is 0 Å². The minimum atomic E-state index is -0.354. The number of aryl methyl sites for hydroxylation is 1. The quantitative estimate of drug-likeness (QED) is 0.341. The van der Waals surface area contributed by atoms with E-state index in [0.717, 1.165) is 31.2 Å². The van der Waals surface area contributed by atoms with E-state index >= 15 is 0 Å². The van der Waals surface area contributed by atoms with E-state index in [1.54, 1.807) is 60.0 Å². The fourth-order valence-corrected chi connectivity index (χ4v) is 6.66. The number of hydrogen-bond acceptors (Lipinski definition) is 6. The van der Waals surface area contributed by atoms with Crippen LogP contribution in [0.3, 0.4) is 0 Å². The van der Waals surface area contributed by atoms with E-state index in [4.69, 9.17) is 21.3 Å². The van der Waals surface area contributed by atoms with Gasteiger partial charge in [-0.25, -0.2) is 9.56 Å². The van der Waals surface area contributed by atoms with Gasteiger partial charge in [-0.3, -0.25) is 9.59 Å². The van der Waals surface area contributed by atoms with Crippen molar-refractivity contribution < 1.29 is 14.6 Å². The van der Waals surface area contributed by atoms with Crippen LogP contribution in [0.15, 0.2) is 58.3 Å². The highest BCUT2D eigenvalue weighted by atomic mass is 35.5. The predicted molar refractivity (Wildman–Crippen MR) is 151 cm³/mol. The van der Waals surface area contributed by atoms with E-state index in [0.29, 0.717) is 63.9 Å². The molecular formula is C29H26ClN3O4S. The SMILES string of the molecule is O=C(c1c(N=Cc2c(O)n(-c3cccc(Cl)c3)c(=O)c3ccccc23)sc2c1CCCC2)N1CCOCC1. The van der Waals surface area contributed by atoms with Crippen molar-refractivity contribution in [3.05, 3.63) is 85.5 Å². The van der Waals surface area contributed by atoms with Gasteiger partial charge in [0, 0.05) is 40.0 Å². The zero-order valence-corrected chi connectivity index (χ0v) is 22.2. The number of pyridine rings is 1. The molecule has 1 aliphatic carbocycles. The van der Waals surface area contributed by atoms with Crippen molar-refractivity contribution in [2.24, 2.45) is 4.99 Å². The van der Waals surface area contributed by atoms with Crippen LogP contribution in [-0.2, 0) is 17.6 Å². The number of rotatable bonds is 4. The molecule has 0 spiro atoms. The number of morpholine rings is 1. The molecule has 1 N–H and O–H groups in total. The highest BCUT2D eigenvalue weighted by Crippen LogP contribution is 2.41. The summed E-state index contributed by atoms with van der Waals surface area (Å²) in [4.78, 5) is 34.9. The smallest absolute Gasteiger partial charge is 0.265 e. The number of ether oxygens (including phenoxy) is 1. The number of carbonyl (C=O) groups is 1. The normalized spacial score (nSPS) is 15.8. The second-order valence-electron chi connectivity index (χ2n) is 9.46. The van der Waals surface area contributed by atoms with Crippen LogP contribution in [-0.4, -0.2) is 53.0 Å². The van der Waals surface area contributed by atoms with Gasteiger partial charge in [0.2, 0.25) is 5.88 Å². The molecule has 2 aromatic heterocycles. The van der Waals surface area contributed by atoms with Gasteiger partial charge in [-0.05, 0) is 55.5 Å². The Labute approximate surface area is 228 Å². The summed E-state index contributed by atoms with van der Waals surface area (Å²) in [6, 6.07) is 13.9. The lowest BCUT2D eigenvalue weighted by molar-refractivity contribution is 0.0303.